The molecule has 0 atom stereocenters. The SMILES string of the molecule is CCCN(C/C=C/c1ccccc1)C(=O)CCc1cc2n(n1)CCCNC2. The number of aryl methyl sites for hydroxylation is 2. The molecule has 1 aliphatic heterocycles. The second-order valence-corrected chi connectivity index (χ2v) is 7.03. The highest BCUT2D eigenvalue weighted by Crippen LogP contribution is 2.11. The summed E-state index contributed by atoms with van der Waals surface area (Å²) in [5, 5.41) is 8.09. The summed E-state index contributed by atoms with van der Waals surface area (Å²) in [5.41, 5.74) is 3.42. The quantitative estimate of drug-likeness (QED) is 0.780. The number of nitrogens with one attached hydrogen (secondary N) is 1. The lowest BCUT2D eigenvalue weighted by Crippen LogP contribution is -2.32. The van der Waals surface area contributed by atoms with E-state index in [1.165, 1.54) is 5.69 Å². The van der Waals surface area contributed by atoms with Crippen molar-refractivity contribution in [1.82, 2.24) is 20.0 Å². The van der Waals surface area contributed by atoms with Gasteiger partial charge >= 0.3 is 0 Å². The number of aromatic nitrogens is 2. The molecule has 0 saturated heterocycles. The summed E-state index contributed by atoms with van der Waals surface area (Å²) in [6.07, 6.45) is 7.45. The molecule has 0 spiro atoms. The molecule has 1 aliphatic rings. The molecule has 0 radical (unpaired) electrons. The number of carbonyl (C=O) groups is 1. The predicted octanol–water partition coefficient (Wildman–Crippen LogP) is 3.26. The smallest absolute Gasteiger partial charge is 0.223 e. The van der Waals surface area contributed by atoms with Crippen molar-refractivity contribution in [2.75, 3.05) is 19.6 Å². The van der Waals surface area contributed by atoms with E-state index in [-0.39, 0.29) is 5.91 Å². The van der Waals surface area contributed by atoms with Gasteiger partial charge in [0.1, 0.15) is 0 Å². The molecule has 1 aromatic heterocycles. The average molecular weight is 367 g/mol. The van der Waals surface area contributed by atoms with Gasteiger partial charge in [0.05, 0.1) is 11.4 Å². The van der Waals surface area contributed by atoms with E-state index in [2.05, 4.69) is 52.4 Å². The van der Waals surface area contributed by atoms with Gasteiger partial charge in [0.2, 0.25) is 5.91 Å². The first kappa shape index (κ1) is 19.4. The number of nitrogens with zero attached hydrogens (tertiary/aromatic N) is 3. The maximum atomic E-state index is 12.7. The molecule has 3 rings (SSSR count). The van der Waals surface area contributed by atoms with E-state index in [1.54, 1.807) is 0 Å². The van der Waals surface area contributed by atoms with Crippen molar-refractivity contribution < 1.29 is 4.79 Å². The number of carbonyl (C=O) groups excluding carboxylic acids is 1. The Hall–Kier alpha value is -2.40. The molecular weight excluding hydrogens is 336 g/mol. The van der Waals surface area contributed by atoms with Gasteiger partial charge in [-0.3, -0.25) is 9.48 Å². The fraction of sp³-hybridized carbons (Fsp3) is 0.455. The Bertz CT molecular complexity index is 727. The molecule has 0 fully saturated rings. The molecule has 27 heavy (non-hydrogen) atoms. The summed E-state index contributed by atoms with van der Waals surface area (Å²) in [6.45, 7) is 6.43. The molecule has 1 N–H and O–H groups in total. The van der Waals surface area contributed by atoms with Crippen molar-refractivity contribution in [1.29, 1.82) is 0 Å². The summed E-state index contributed by atoms with van der Waals surface area (Å²) >= 11 is 0. The molecule has 1 amide bonds. The van der Waals surface area contributed by atoms with Crippen LogP contribution in [0.3, 0.4) is 0 Å². The van der Waals surface area contributed by atoms with Crippen LogP contribution < -0.4 is 5.32 Å². The van der Waals surface area contributed by atoms with Crippen LogP contribution in [0.5, 0.6) is 0 Å². The number of rotatable bonds is 8. The first-order valence-electron chi connectivity index (χ1n) is 10.0. The third-order valence-corrected chi connectivity index (χ3v) is 4.82. The average Bonchev–Trinajstić information content (AvgIpc) is 2.95. The van der Waals surface area contributed by atoms with Crippen LogP contribution in [-0.2, 0) is 24.3 Å². The second kappa shape index (κ2) is 10.1. The highest BCUT2D eigenvalue weighted by Gasteiger charge is 2.14. The van der Waals surface area contributed by atoms with Crippen molar-refractivity contribution in [3.8, 4) is 0 Å². The molecular formula is C22H30N4O. The van der Waals surface area contributed by atoms with E-state index >= 15 is 0 Å². The Morgan fingerprint density at radius 3 is 3.00 bits per heavy atom. The van der Waals surface area contributed by atoms with Gasteiger partial charge in [-0.05, 0) is 31.0 Å². The number of hydrogen-bond acceptors (Lipinski definition) is 3. The minimum absolute atomic E-state index is 0.205. The molecule has 2 aromatic rings. The molecule has 0 unspecified atom stereocenters. The van der Waals surface area contributed by atoms with Crippen LogP contribution in [0.4, 0.5) is 0 Å². The van der Waals surface area contributed by atoms with Gasteiger partial charge in [-0.2, -0.15) is 5.10 Å². The van der Waals surface area contributed by atoms with Crippen molar-refractivity contribution >= 4 is 12.0 Å². The molecule has 1 aromatic carbocycles. The predicted molar refractivity (Wildman–Crippen MR) is 109 cm³/mol. The minimum atomic E-state index is 0.205. The summed E-state index contributed by atoms with van der Waals surface area (Å²) in [7, 11) is 0. The first-order valence-corrected chi connectivity index (χ1v) is 10.0. The van der Waals surface area contributed by atoms with E-state index < -0.39 is 0 Å². The minimum Gasteiger partial charge on any atom is -0.339 e. The molecule has 0 aliphatic carbocycles. The summed E-state index contributed by atoms with van der Waals surface area (Å²) in [5.74, 6) is 0.205. The van der Waals surface area contributed by atoms with Gasteiger partial charge in [0.15, 0.2) is 0 Å². The Morgan fingerprint density at radius 1 is 1.33 bits per heavy atom. The fourth-order valence-corrected chi connectivity index (χ4v) is 3.40. The molecule has 5 nitrogen and oxygen atoms in total. The van der Waals surface area contributed by atoms with Crippen LogP contribution in [0.1, 0.15) is 43.1 Å². The maximum absolute atomic E-state index is 12.7. The van der Waals surface area contributed by atoms with E-state index in [4.69, 9.17) is 0 Å². The van der Waals surface area contributed by atoms with Gasteiger partial charge in [0, 0.05) is 39.0 Å². The van der Waals surface area contributed by atoms with Crippen LogP contribution in [0.25, 0.3) is 6.08 Å². The molecule has 0 bridgehead atoms. The zero-order valence-electron chi connectivity index (χ0n) is 16.2. The normalized spacial score (nSPS) is 14.1. The summed E-state index contributed by atoms with van der Waals surface area (Å²) in [6, 6.07) is 12.3. The van der Waals surface area contributed by atoms with Crippen molar-refractivity contribution in [2.45, 2.75) is 45.7 Å². The van der Waals surface area contributed by atoms with Gasteiger partial charge in [-0.1, -0.05) is 49.4 Å². The largest absolute Gasteiger partial charge is 0.339 e. The summed E-state index contributed by atoms with van der Waals surface area (Å²) in [4.78, 5) is 14.6. The second-order valence-electron chi connectivity index (χ2n) is 7.03. The van der Waals surface area contributed by atoms with E-state index in [9.17, 15) is 4.79 Å². The first-order chi connectivity index (χ1) is 13.3. The van der Waals surface area contributed by atoms with E-state index in [1.807, 2.05) is 23.1 Å². The molecule has 0 saturated carbocycles. The van der Waals surface area contributed by atoms with Crippen LogP contribution in [0, 0.1) is 0 Å². The Morgan fingerprint density at radius 2 is 2.19 bits per heavy atom. The number of amides is 1. The topological polar surface area (TPSA) is 50.2 Å². The maximum Gasteiger partial charge on any atom is 0.223 e. The van der Waals surface area contributed by atoms with Crippen LogP contribution >= 0.6 is 0 Å². The van der Waals surface area contributed by atoms with E-state index in [0.29, 0.717) is 19.4 Å². The van der Waals surface area contributed by atoms with Crippen LogP contribution in [0.2, 0.25) is 0 Å². The van der Waals surface area contributed by atoms with Crippen molar-refractivity contribution in [3.63, 3.8) is 0 Å². The number of hydrogen-bond donors (Lipinski definition) is 1. The Balaban J connectivity index is 1.53. The van der Waals surface area contributed by atoms with Crippen LogP contribution in [0.15, 0.2) is 42.5 Å². The van der Waals surface area contributed by atoms with Gasteiger partial charge in [0.25, 0.3) is 0 Å². The number of fused-ring (bicyclic) bond motifs is 1. The van der Waals surface area contributed by atoms with Crippen molar-refractivity contribution in [3.05, 3.63) is 59.4 Å². The lowest BCUT2D eigenvalue weighted by Gasteiger charge is -2.20. The third-order valence-electron chi connectivity index (χ3n) is 4.82. The lowest BCUT2D eigenvalue weighted by molar-refractivity contribution is -0.130. The third kappa shape index (κ3) is 5.79. The summed E-state index contributed by atoms with van der Waals surface area (Å²) < 4.78 is 2.09. The van der Waals surface area contributed by atoms with Gasteiger partial charge in [-0.15, -0.1) is 0 Å². The highest BCUT2D eigenvalue weighted by molar-refractivity contribution is 5.76. The van der Waals surface area contributed by atoms with Crippen LogP contribution in [-0.4, -0.2) is 40.2 Å². The fourth-order valence-electron chi connectivity index (χ4n) is 3.40. The molecule has 5 heteroatoms. The van der Waals surface area contributed by atoms with Gasteiger partial charge < -0.3 is 10.2 Å². The Labute approximate surface area is 162 Å². The zero-order chi connectivity index (χ0) is 18.9. The zero-order valence-corrected chi connectivity index (χ0v) is 16.2. The Kier molecular flexibility index (Phi) is 7.22. The number of benzene rings is 1. The molecule has 2 heterocycles. The lowest BCUT2D eigenvalue weighted by atomic mass is 10.2. The van der Waals surface area contributed by atoms with E-state index in [0.717, 1.165) is 50.3 Å². The highest BCUT2D eigenvalue weighted by atomic mass is 16.2. The van der Waals surface area contributed by atoms with Crippen molar-refractivity contribution in [2.24, 2.45) is 0 Å². The standard InChI is InChI=1S/C22H30N4O/c1-2-14-25(15-6-10-19-8-4-3-5-9-19)22(27)12-11-20-17-21-18-23-13-7-16-26(21)24-20/h3-6,8-10,17,23H,2,7,11-16,18H2,1H3/b10-6+. The van der Waals surface area contributed by atoms with Gasteiger partial charge in [-0.25, -0.2) is 0 Å². The monoisotopic (exact) mass is 366 g/mol. The molecule has 144 valence electrons.